The maximum Gasteiger partial charge on any atom is 0.0675 e. The molecule has 0 amide bonds. The second-order valence-corrected chi connectivity index (χ2v) is 7.56. The highest BCUT2D eigenvalue weighted by molar-refractivity contribution is 5.24. The molecule has 3 aliphatic rings. The fraction of sp³-hybridized carbons (Fsp3) is 0.684. The molecule has 0 radical (unpaired) electrons. The van der Waals surface area contributed by atoms with Gasteiger partial charge in [0, 0.05) is 24.6 Å². The molecule has 4 rings (SSSR count). The highest BCUT2D eigenvalue weighted by Crippen LogP contribution is 2.49. The van der Waals surface area contributed by atoms with Gasteiger partial charge in [-0.15, -0.1) is 0 Å². The van der Waals surface area contributed by atoms with E-state index in [1.54, 1.807) is 0 Å². The zero-order chi connectivity index (χ0) is 14.3. The summed E-state index contributed by atoms with van der Waals surface area (Å²) in [6.45, 7) is 4.30. The first kappa shape index (κ1) is 13.8. The van der Waals surface area contributed by atoms with E-state index in [-0.39, 0.29) is 0 Å². The molecule has 0 spiro atoms. The van der Waals surface area contributed by atoms with Gasteiger partial charge in [0.15, 0.2) is 0 Å². The zero-order valence-corrected chi connectivity index (χ0v) is 13.1. The van der Waals surface area contributed by atoms with Crippen molar-refractivity contribution in [2.24, 2.45) is 11.3 Å². The molecule has 1 heterocycles. The monoisotopic (exact) mass is 285 g/mol. The van der Waals surface area contributed by atoms with Crippen molar-refractivity contribution < 1.29 is 4.74 Å². The quantitative estimate of drug-likeness (QED) is 0.864. The van der Waals surface area contributed by atoms with Crippen LogP contribution in [0.4, 0.5) is 0 Å². The summed E-state index contributed by atoms with van der Waals surface area (Å²) in [7, 11) is 0. The second-order valence-electron chi connectivity index (χ2n) is 7.56. The molecule has 0 bridgehead atoms. The minimum atomic E-state index is 0.331. The Morgan fingerprint density at radius 3 is 2.81 bits per heavy atom. The summed E-state index contributed by atoms with van der Waals surface area (Å²) >= 11 is 0. The minimum Gasteiger partial charge on any atom is -0.377 e. The molecule has 2 unspecified atom stereocenters. The Labute approximate surface area is 128 Å². The van der Waals surface area contributed by atoms with Gasteiger partial charge in [-0.1, -0.05) is 29.8 Å². The molecular formula is C19H27NO. The van der Waals surface area contributed by atoms with E-state index in [0.717, 1.165) is 25.1 Å². The highest BCUT2D eigenvalue weighted by atomic mass is 16.5. The van der Waals surface area contributed by atoms with Crippen LogP contribution in [0.3, 0.4) is 0 Å². The van der Waals surface area contributed by atoms with Gasteiger partial charge >= 0.3 is 0 Å². The predicted octanol–water partition coefficient (Wildman–Crippen LogP) is 3.47. The molecule has 2 saturated carbocycles. The number of rotatable bonds is 6. The molecule has 1 aromatic rings. The maximum atomic E-state index is 6.21. The van der Waals surface area contributed by atoms with Crippen LogP contribution in [-0.2, 0) is 11.2 Å². The molecule has 0 aromatic heterocycles. The van der Waals surface area contributed by atoms with Crippen LogP contribution in [0.1, 0.15) is 43.2 Å². The number of hydrogen-bond donors (Lipinski definition) is 1. The third kappa shape index (κ3) is 3.02. The number of aryl methyl sites for hydroxylation is 1. The third-order valence-electron chi connectivity index (χ3n) is 5.51. The van der Waals surface area contributed by atoms with Crippen LogP contribution in [0.5, 0.6) is 0 Å². The van der Waals surface area contributed by atoms with Crippen molar-refractivity contribution in [3.8, 4) is 0 Å². The van der Waals surface area contributed by atoms with E-state index in [1.165, 1.54) is 49.7 Å². The molecule has 2 nitrogen and oxygen atoms in total. The fourth-order valence-corrected chi connectivity index (χ4v) is 4.05. The zero-order valence-electron chi connectivity index (χ0n) is 13.1. The molecular weight excluding hydrogens is 258 g/mol. The van der Waals surface area contributed by atoms with Gasteiger partial charge in [0.1, 0.15) is 0 Å². The summed E-state index contributed by atoms with van der Waals surface area (Å²) in [4.78, 5) is 0. The predicted molar refractivity (Wildman–Crippen MR) is 85.4 cm³/mol. The van der Waals surface area contributed by atoms with Gasteiger partial charge in [-0.05, 0) is 56.9 Å². The summed E-state index contributed by atoms with van der Waals surface area (Å²) < 4.78 is 6.21. The highest BCUT2D eigenvalue weighted by Gasteiger charge is 2.51. The number of nitrogens with one attached hydrogen (secondary N) is 1. The molecule has 1 N–H and O–H groups in total. The molecule has 1 aromatic carbocycles. The Morgan fingerprint density at radius 2 is 2.10 bits per heavy atom. The summed E-state index contributed by atoms with van der Waals surface area (Å²) in [5.74, 6) is 0.832. The van der Waals surface area contributed by atoms with Crippen LogP contribution in [-0.4, -0.2) is 25.3 Å². The van der Waals surface area contributed by atoms with Gasteiger partial charge < -0.3 is 10.1 Å². The normalized spacial score (nSPS) is 32.5. The molecule has 2 atom stereocenters. The van der Waals surface area contributed by atoms with Crippen molar-refractivity contribution in [3.05, 3.63) is 35.4 Å². The van der Waals surface area contributed by atoms with Gasteiger partial charge in [-0.2, -0.15) is 0 Å². The number of benzene rings is 1. The summed E-state index contributed by atoms with van der Waals surface area (Å²) in [5, 5.41) is 3.81. The Morgan fingerprint density at radius 1 is 1.24 bits per heavy atom. The van der Waals surface area contributed by atoms with Gasteiger partial charge in [0.2, 0.25) is 0 Å². The van der Waals surface area contributed by atoms with Crippen molar-refractivity contribution in [1.29, 1.82) is 0 Å². The van der Waals surface area contributed by atoms with Gasteiger partial charge in [-0.25, -0.2) is 0 Å². The van der Waals surface area contributed by atoms with Crippen LogP contribution >= 0.6 is 0 Å². The van der Waals surface area contributed by atoms with E-state index in [4.69, 9.17) is 4.74 Å². The van der Waals surface area contributed by atoms with Crippen molar-refractivity contribution in [3.63, 3.8) is 0 Å². The molecule has 1 aliphatic heterocycles. The first-order valence-electron chi connectivity index (χ1n) is 8.66. The Bertz CT molecular complexity index is 506. The second kappa shape index (κ2) is 5.40. The van der Waals surface area contributed by atoms with E-state index in [9.17, 15) is 0 Å². The number of ether oxygens (including phenoxy) is 1. The summed E-state index contributed by atoms with van der Waals surface area (Å²) in [5.41, 5.74) is 3.20. The van der Waals surface area contributed by atoms with Crippen molar-refractivity contribution >= 4 is 0 Å². The maximum absolute atomic E-state index is 6.21. The first-order chi connectivity index (χ1) is 10.3. The SMILES string of the molecule is Cc1cccc(CC2(CNC3CC3)CCOC2C2CC2)c1. The van der Waals surface area contributed by atoms with Gasteiger partial charge in [-0.3, -0.25) is 0 Å². The standard InChI is InChI=1S/C19H27NO/c1-14-3-2-4-15(11-14)12-19(13-20-17-7-8-17)9-10-21-18(19)16-5-6-16/h2-4,11,16-18,20H,5-10,12-13H2,1H3. The van der Waals surface area contributed by atoms with Crippen LogP contribution in [0.15, 0.2) is 24.3 Å². The topological polar surface area (TPSA) is 21.3 Å². The average Bonchev–Trinajstić information content (AvgIpc) is 3.38. The smallest absolute Gasteiger partial charge is 0.0675 e. The Balaban J connectivity index is 1.55. The first-order valence-corrected chi connectivity index (χ1v) is 8.66. The third-order valence-corrected chi connectivity index (χ3v) is 5.51. The molecule has 1 saturated heterocycles. The van der Waals surface area contributed by atoms with E-state index >= 15 is 0 Å². The number of hydrogen-bond acceptors (Lipinski definition) is 2. The molecule has 21 heavy (non-hydrogen) atoms. The van der Waals surface area contributed by atoms with E-state index in [1.807, 2.05) is 0 Å². The lowest BCUT2D eigenvalue weighted by Crippen LogP contribution is -2.44. The lowest BCUT2D eigenvalue weighted by molar-refractivity contribution is 0.0305. The van der Waals surface area contributed by atoms with Crippen molar-refractivity contribution in [1.82, 2.24) is 5.32 Å². The summed E-state index contributed by atoms with van der Waals surface area (Å²) in [6, 6.07) is 9.85. The molecule has 2 aliphatic carbocycles. The van der Waals surface area contributed by atoms with E-state index < -0.39 is 0 Å². The van der Waals surface area contributed by atoms with Gasteiger partial charge in [0.05, 0.1) is 6.10 Å². The van der Waals surface area contributed by atoms with Crippen LogP contribution in [0.2, 0.25) is 0 Å². The largest absolute Gasteiger partial charge is 0.377 e. The average molecular weight is 285 g/mol. The van der Waals surface area contributed by atoms with Gasteiger partial charge in [0.25, 0.3) is 0 Å². The van der Waals surface area contributed by atoms with E-state index in [0.29, 0.717) is 11.5 Å². The molecule has 3 fully saturated rings. The van der Waals surface area contributed by atoms with Crippen LogP contribution < -0.4 is 5.32 Å². The van der Waals surface area contributed by atoms with Crippen molar-refractivity contribution in [2.45, 2.75) is 57.6 Å². The minimum absolute atomic E-state index is 0.331. The fourth-order valence-electron chi connectivity index (χ4n) is 4.05. The van der Waals surface area contributed by atoms with E-state index in [2.05, 4.69) is 36.5 Å². The lowest BCUT2D eigenvalue weighted by Gasteiger charge is -2.35. The van der Waals surface area contributed by atoms with Crippen molar-refractivity contribution in [2.75, 3.05) is 13.2 Å². The summed E-state index contributed by atoms with van der Waals surface area (Å²) in [6.07, 6.45) is 8.39. The Hall–Kier alpha value is -0.860. The molecule has 2 heteroatoms. The Kier molecular flexibility index (Phi) is 3.55. The molecule has 114 valence electrons. The lowest BCUT2D eigenvalue weighted by atomic mass is 9.74. The van der Waals surface area contributed by atoms with Crippen LogP contribution in [0, 0.1) is 18.3 Å². The van der Waals surface area contributed by atoms with Crippen LogP contribution in [0.25, 0.3) is 0 Å².